The highest BCUT2D eigenvalue weighted by Gasteiger charge is 2.36. The summed E-state index contributed by atoms with van der Waals surface area (Å²) >= 11 is 0. The quantitative estimate of drug-likeness (QED) is 0.795. The summed E-state index contributed by atoms with van der Waals surface area (Å²) in [5.41, 5.74) is 1.15. The first-order valence-electron chi connectivity index (χ1n) is 6.65. The molecule has 0 radical (unpaired) electrons. The predicted molar refractivity (Wildman–Crippen MR) is 72.1 cm³/mol. The van der Waals surface area contributed by atoms with Crippen molar-refractivity contribution < 1.29 is 9.53 Å². The van der Waals surface area contributed by atoms with Crippen LogP contribution in [0.5, 0.6) is 5.75 Å². The van der Waals surface area contributed by atoms with E-state index in [1.54, 1.807) is 7.11 Å². The number of hydrogen-bond donors (Lipinski definition) is 2. The fraction of sp³-hybridized carbons (Fsp3) is 0.500. The molecule has 2 N–H and O–H groups in total. The third-order valence-corrected chi connectivity index (χ3v) is 3.95. The van der Waals surface area contributed by atoms with Gasteiger partial charge in [-0.3, -0.25) is 9.69 Å². The minimum atomic E-state index is 0.109. The number of carbonyl (C=O) groups excluding carboxylic acids is 1. The predicted octanol–water partition coefficient (Wildman–Crippen LogP) is 0.140. The van der Waals surface area contributed by atoms with E-state index in [1.807, 2.05) is 18.2 Å². The van der Waals surface area contributed by atoms with E-state index in [-0.39, 0.29) is 11.9 Å². The molecule has 2 atom stereocenters. The largest absolute Gasteiger partial charge is 0.496 e. The SMILES string of the molecule is COc1ccccc1C1CNCC2CNC(=O)CN21. The minimum absolute atomic E-state index is 0.109. The topological polar surface area (TPSA) is 53.6 Å². The molecule has 2 fully saturated rings. The number of carbonyl (C=O) groups is 1. The van der Waals surface area contributed by atoms with Crippen molar-refractivity contribution in [3.63, 3.8) is 0 Å². The maximum atomic E-state index is 11.6. The summed E-state index contributed by atoms with van der Waals surface area (Å²) in [5.74, 6) is 0.999. The van der Waals surface area contributed by atoms with Crippen LogP contribution < -0.4 is 15.4 Å². The Bertz CT molecular complexity index is 478. The number of amides is 1. The number of piperazine rings is 2. The van der Waals surface area contributed by atoms with Crippen molar-refractivity contribution >= 4 is 5.91 Å². The summed E-state index contributed by atoms with van der Waals surface area (Å²) in [6.45, 7) is 2.96. The molecule has 102 valence electrons. The molecule has 0 bridgehead atoms. The molecule has 5 nitrogen and oxygen atoms in total. The Morgan fingerprint density at radius 3 is 2.95 bits per heavy atom. The van der Waals surface area contributed by atoms with E-state index in [2.05, 4.69) is 21.6 Å². The van der Waals surface area contributed by atoms with E-state index in [0.29, 0.717) is 12.6 Å². The van der Waals surface area contributed by atoms with Crippen LogP contribution in [0.3, 0.4) is 0 Å². The van der Waals surface area contributed by atoms with Gasteiger partial charge in [-0.05, 0) is 6.07 Å². The van der Waals surface area contributed by atoms with Crippen molar-refractivity contribution in [3.8, 4) is 5.75 Å². The number of nitrogens with zero attached hydrogens (tertiary/aromatic N) is 1. The zero-order valence-corrected chi connectivity index (χ0v) is 11.1. The zero-order chi connectivity index (χ0) is 13.2. The number of methoxy groups -OCH3 is 1. The fourth-order valence-electron chi connectivity index (χ4n) is 2.99. The smallest absolute Gasteiger partial charge is 0.234 e. The van der Waals surface area contributed by atoms with Gasteiger partial charge in [0, 0.05) is 31.2 Å². The second kappa shape index (κ2) is 5.19. The normalized spacial score (nSPS) is 27.5. The Balaban J connectivity index is 1.91. The van der Waals surface area contributed by atoms with Crippen molar-refractivity contribution in [1.29, 1.82) is 0 Å². The lowest BCUT2D eigenvalue weighted by Crippen LogP contribution is -2.62. The molecule has 0 saturated carbocycles. The number of hydrogen-bond acceptors (Lipinski definition) is 4. The molecule has 1 amide bonds. The van der Waals surface area contributed by atoms with Crippen LogP contribution in [0.25, 0.3) is 0 Å². The van der Waals surface area contributed by atoms with Crippen LogP contribution in [0, 0.1) is 0 Å². The standard InChI is InChI=1S/C14H19N3O2/c1-19-13-5-3-2-4-11(13)12-8-15-6-10-7-16-14(18)9-17(10)12/h2-5,10,12,15H,6-9H2,1H3,(H,16,18). The van der Waals surface area contributed by atoms with Crippen molar-refractivity contribution in [3.05, 3.63) is 29.8 Å². The summed E-state index contributed by atoms with van der Waals surface area (Å²) < 4.78 is 5.45. The monoisotopic (exact) mass is 261 g/mol. The second-order valence-electron chi connectivity index (χ2n) is 5.05. The van der Waals surface area contributed by atoms with Gasteiger partial charge in [0.1, 0.15) is 5.75 Å². The molecule has 3 rings (SSSR count). The molecule has 1 aromatic rings. The third-order valence-electron chi connectivity index (χ3n) is 3.95. The Kier molecular flexibility index (Phi) is 3.40. The lowest BCUT2D eigenvalue weighted by Gasteiger charge is -2.45. The third kappa shape index (κ3) is 2.31. The van der Waals surface area contributed by atoms with Crippen molar-refractivity contribution in [1.82, 2.24) is 15.5 Å². The number of benzene rings is 1. The maximum Gasteiger partial charge on any atom is 0.234 e. The molecule has 2 aliphatic rings. The Hall–Kier alpha value is -1.59. The van der Waals surface area contributed by atoms with Crippen LogP contribution in [0.4, 0.5) is 0 Å². The second-order valence-corrected chi connectivity index (χ2v) is 5.05. The van der Waals surface area contributed by atoms with Crippen LogP contribution in [0.1, 0.15) is 11.6 Å². The van der Waals surface area contributed by atoms with Crippen LogP contribution in [0.2, 0.25) is 0 Å². The fourth-order valence-corrected chi connectivity index (χ4v) is 2.99. The molecule has 0 aliphatic carbocycles. The molecule has 1 aromatic carbocycles. The summed E-state index contributed by atoms with van der Waals surface area (Å²) in [5, 5.41) is 6.38. The van der Waals surface area contributed by atoms with Gasteiger partial charge < -0.3 is 15.4 Å². The zero-order valence-electron chi connectivity index (χ0n) is 11.1. The number of para-hydroxylation sites is 1. The van der Waals surface area contributed by atoms with E-state index in [1.165, 1.54) is 0 Å². The van der Waals surface area contributed by atoms with Crippen LogP contribution >= 0.6 is 0 Å². The number of ether oxygens (including phenoxy) is 1. The summed E-state index contributed by atoms with van der Waals surface area (Å²) in [6.07, 6.45) is 0. The van der Waals surface area contributed by atoms with E-state index in [4.69, 9.17) is 4.74 Å². The van der Waals surface area contributed by atoms with Crippen LogP contribution in [0.15, 0.2) is 24.3 Å². The maximum absolute atomic E-state index is 11.6. The van der Waals surface area contributed by atoms with Crippen LogP contribution in [-0.2, 0) is 4.79 Å². The Labute approximate surface area is 112 Å². The van der Waals surface area contributed by atoms with Crippen molar-refractivity contribution in [2.75, 3.05) is 33.3 Å². The van der Waals surface area contributed by atoms with Crippen molar-refractivity contribution in [2.24, 2.45) is 0 Å². The van der Waals surface area contributed by atoms with Gasteiger partial charge in [0.2, 0.25) is 5.91 Å². The van der Waals surface area contributed by atoms with Gasteiger partial charge in [-0.15, -0.1) is 0 Å². The molecule has 5 heteroatoms. The molecule has 0 spiro atoms. The van der Waals surface area contributed by atoms with Gasteiger partial charge in [0.15, 0.2) is 0 Å². The average Bonchev–Trinajstić information content (AvgIpc) is 2.46. The highest BCUT2D eigenvalue weighted by Crippen LogP contribution is 2.32. The lowest BCUT2D eigenvalue weighted by molar-refractivity contribution is -0.127. The molecule has 0 aromatic heterocycles. The van der Waals surface area contributed by atoms with Crippen LogP contribution in [-0.4, -0.2) is 50.1 Å². The van der Waals surface area contributed by atoms with Gasteiger partial charge in [0.05, 0.1) is 19.7 Å². The number of nitrogens with one attached hydrogen (secondary N) is 2. The molecule has 2 saturated heterocycles. The van der Waals surface area contributed by atoms with Gasteiger partial charge in [-0.25, -0.2) is 0 Å². The van der Waals surface area contributed by atoms with E-state index < -0.39 is 0 Å². The summed E-state index contributed by atoms with van der Waals surface area (Å²) in [7, 11) is 1.69. The summed E-state index contributed by atoms with van der Waals surface area (Å²) in [4.78, 5) is 13.9. The van der Waals surface area contributed by atoms with Gasteiger partial charge >= 0.3 is 0 Å². The number of rotatable bonds is 2. The highest BCUT2D eigenvalue weighted by atomic mass is 16.5. The van der Waals surface area contributed by atoms with Gasteiger partial charge in [-0.2, -0.15) is 0 Å². The molecular weight excluding hydrogens is 242 g/mol. The lowest BCUT2D eigenvalue weighted by atomic mass is 9.97. The summed E-state index contributed by atoms with van der Waals surface area (Å²) in [6, 6.07) is 8.61. The highest BCUT2D eigenvalue weighted by molar-refractivity contribution is 5.79. The first kappa shape index (κ1) is 12.4. The molecular formula is C14H19N3O2. The first-order chi connectivity index (χ1) is 9.29. The van der Waals surface area contributed by atoms with E-state index >= 15 is 0 Å². The molecule has 19 heavy (non-hydrogen) atoms. The Morgan fingerprint density at radius 2 is 2.11 bits per heavy atom. The van der Waals surface area contributed by atoms with E-state index in [0.717, 1.165) is 30.9 Å². The van der Waals surface area contributed by atoms with E-state index in [9.17, 15) is 4.79 Å². The first-order valence-corrected chi connectivity index (χ1v) is 6.65. The molecule has 2 aliphatic heterocycles. The number of fused-ring (bicyclic) bond motifs is 1. The van der Waals surface area contributed by atoms with Gasteiger partial charge in [0.25, 0.3) is 0 Å². The van der Waals surface area contributed by atoms with Gasteiger partial charge in [-0.1, -0.05) is 18.2 Å². The minimum Gasteiger partial charge on any atom is -0.496 e. The Morgan fingerprint density at radius 1 is 1.26 bits per heavy atom. The average molecular weight is 261 g/mol. The molecule has 2 unspecified atom stereocenters. The molecule has 2 heterocycles. The van der Waals surface area contributed by atoms with Crippen molar-refractivity contribution in [2.45, 2.75) is 12.1 Å².